The molecule has 0 amide bonds. The maximum absolute atomic E-state index is 12.2. The molecule has 0 aliphatic carbocycles. The van der Waals surface area contributed by atoms with E-state index in [9.17, 15) is 4.79 Å². The van der Waals surface area contributed by atoms with Crippen molar-refractivity contribution in [2.75, 3.05) is 25.6 Å². The summed E-state index contributed by atoms with van der Waals surface area (Å²) < 4.78 is 8.94. The Labute approximate surface area is 118 Å². The summed E-state index contributed by atoms with van der Waals surface area (Å²) in [6.07, 6.45) is 2.04. The molecule has 2 aromatic rings. The molecule has 5 heteroatoms. The lowest BCUT2D eigenvalue weighted by atomic mass is 9.90. The van der Waals surface area contributed by atoms with E-state index >= 15 is 0 Å². The standard InChI is InChI=1S/C15H21N3O2/c1-16-11-8-12(10-4-6-20-7-5-10)14-13(9-11)17(2)15(19)18(14)3/h8-10,16H,4-7H2,1-3H3. The number of benzene rings is 1. The Hall–Kier alpha value is -1.75. The summed E-state index contributed by atoms with van der Waals surface area (Å²) in [6, 6.07) is 4.22. The summed E-state index contributed by atoms with van der Waals surface area (Å²) >= 11 is 0. The second-order valence-electron chi connectivity index (χ2n) is 5.47. The van der Waals surface area contributed by atoms with Gasteiger partial charge in [-0.1, -0.05) is 0 Å². The lowest BCUT2D eigenvalue weighted by molar-refractivity contribution is 0.0855. The van der Waals surface area contributed by atoms with Crippen LogP contribution >= 0.6 is 0 Å². The number of nitrogens with one attached hydrogen (secondary N) is 1. The fraction of sp³-hybridized carbons (Fsp3) is 0.533. The topological polar surface area (TPSA) is 48.2 Å². The lowest BCUT2D eigenvalue weighted by Gasteiger charge is -2.24. The second kappa shape index (κ2) is 4.98. The minimum Gasteiger partial charge on any atom is -0.388 e. The van der Waals surface area contributed by atoms with Crippen LogP contribution in [0.25, 0.3) is 11.0 Å². The largest absolute Gasteiger partial charge is 0.388 e. The number of imidazole rings is 1. The highest BCUT2D eigenvalue weighted by molar-refractivity contribution is 5.84. The highest BCUT2D eigenvalue weighted by Crippen LogP contribution is 2.34. The number of aryl methyl sites for hydroxylation is 2. The van der Waals surface area contributed by atoms with E-state index in [1.54, 1.807) is 9.13 Å². The van der Waals surface area contributed by atoms with Crippen LogP contribution in [-0.4, -0.2) is 29.4 Å². The number of ether oxygens (including phenoxy) is 1. The molecule has 108 valence electrons. The van der Waals surface area contributed by atoms with E-state index in [-0.39, 0.29) is 5.69 Å². The number of aromatic nitrogens is 2. The lowest BCUT2D eigenvalue weighted by Crippen LogP contribution is -2.20. The fourth-order valence-electron chi connectivity index (χ4n) is 3.15. The minimum atomic E-state index is 0.0292. The Balaban J connectivity index is 2.28. The molecule has 2 heterocycles. The van der Waals surface area contributed by atoms with Crippen molar-refractivity contribution in [3.05, 3.63) is 28.2 Å². The first-order chi connectivity index (χ1) is 9.63. The Morgan fingerprint density at radius 2 is 1.90 bits per heavy atom. The molecule has 1 aliphatic rings. The van der Waals surface area contributed by atoms with E-state index in [1.165, 1.54) is 5.56 Å². The molecule has 0 bridgehead atoms. The zero-order valence-electron chi connectivity index (χ0n) is 12.3. The maximum atomic E-state index is 12.2. The number of fused-ring (bicyclic) bond motifs is 1. The molecule has 0 unspecified atom stereocenters. The highest BCUT2D eigenvalue weighted by atomic mass is 16.5. The van der Waals surface area contributed by atoms with Crippen molar-refractivity contribution in [3.8, 4) is 0 Å². The van der Waals surface area contributed by atoms with Crippen LogP contribution < -0.4 is 11.0 Å². The van der Waals surface area contributed by atoms with Gasteiger partial charge in [-0.25, -0.2) is 4.79 Å². The molecule has 20 heavy (non-hydrogen) atoms. The van der Waals surface area contributed by atoms with Gasteiger partial charge >= 0.3 is 5.69 Å². The number of hydrogen-bond donors (Lipinski definition) is 1. The first-order valence-electron chi connectivity index (χ1n) is 7.08. The van der Waals surface area contributed by atoms with E-state index in [0.717, 1.165) is 42.8 Å². The Kier molecular flexibility index (Phi) is 3.30. The quantitative estimate of drug-likeness (QED) is 0.909. The Morgan fingerprint density at radius 3 is 2.55 bits per heavy atom. The van der Waals surface area contributed by atoms with E-state index in [2.05, 4.69) is 11.4 Å². The third kappa shape index (κ3) is 1.93. The SMILES string of the molecule is CNc1cc(C2CCOCC2)c2c(c1)n(C)c(=O)n2C. The first kappa shape index (κ1) is 13.2. The zero-order valence-corrected chi connectivity index (χ0v) is 12.3. The Morgan fingerprint density at radius 1 is 1.20 bits per heavy atom. The summed E-state index contributed by atoms with van der Waals surface area (Å²) in [4.78, 5) is 12.2. The summed E-state index contributed by atoms with van der Waals surface area (Å²) in [5, 5.41) is 3.20. The molecule has 3 rings (SSSR count). The van der Waals surface area contributed by atoms with Gasteiger partial charge in [0.05, 0.1) is 11.0 Å². The van der Waals surface area contributed by atoms with Gasteiger partial charge in [0.15, 0.2) is 0 Å². The normalized spacial score (nSPS) is 16.8. The van der Waals surface area contributed by atoms with Crippen LogP contribution in [0.3, 0.4) is 0 Å². The van der Waals surface area contributed by atoms with Gasteiger partial charge in [0.2, 0.25) is 0 Å². The second-order valence-corrected chi connectivity index (χ2v) is 5.47. The predicted molar refractivity (Wildman–Crippen MR) is 80.5 cm³/mol. The monoisotopic (exact) mass is 275 g/mol. The molecule has 0 atom stereocenters. The minimum absolute atomic E-state index is 0.0292. The van der Waals surface area contributed by atoms with Crippen molar-refractivity contribution >= 4 is 16.7 Å². The Bertz CT molecular complexity index is 693. The number of rotatable bonds is 2. The molecule has 1 fully saturated rings. The zero-order chi connectivity index (χ0) is 14.3. The molecule has 0 spiro atoms. The van der Waals surface area contributed by atoms with Crippen LogP contribution in [0.1, 0.15) is 24.3 Å². The molecule has 1 N–H and O–H groups in total. The van der Waals surface area contributed by atoms with Crippen LogP contribution in [0.15, 0.2) is 16.9 Å². The van der Waals surface area contributed by atoms with Crippen molar-refractivity contribution in [3.63, 3.8) is 0 Å². The van der Waals surface area contributed by atoms with Crippen molar-refractivity contribution in [1.82, 2.24) is 9.13 Å². The molecule has 1 saturated heterocycles. The van der Waals surface area contributed by atoms with E-state index < -0.39 is 0 Å². The molecule has 0 radical (unpaired) electrons. The van der Waals surface area contributed by atoms with Gasteiger partial charge in [0.1, 0.15) is 0 Å². The highest BCUT2D eigenvalue weighted by Gasteiger charge is 2.22. The van der Waals surface area contributed by atoms with Gasteiger partial charge in [-0.15, -0.1) is 0 Å². The molecule has 5 nitrogen and oxygen atoms in total. The molecule has 0 saturated carbocycles. The maximum Gasteiger partial charge on any atom is 0.328 e. The summed E-state index contributed by atoms with van der Waals surface area (Å²) in [6.45, 7) is 1.60. The average molecular weight is 275 g/mol. The van der Waals surface area contributed by atoms with Crippen molar-refractivity contribution < 1.29 is 4.74 Å². The third-order valence-electron chi connectivity index (χ3n) is 4.34. The van der Waals surface area contributed by atoms with Crippen molar-refractivity contribution in [1.29, 1.82) is 0 Å². The van der Waals surface area contributed by atoms with Gasteiger partial charge in [-0.2, -0.15) is 0 Å². The summed E-state index contributed by atoms with van der Waals surface area (Å²) in [7, 11) is 5.60. The van der Waals surface area contributed by atoms with Crippen LogP contribution in [0.2, 0.25) is 0 Å². The van der Waals surface area contributed by atoms with E-state index in [4.69, 9.17) is 4.74 Å². The molecular formula is C15H21N3O2. The van der Waals surface area contributed by atoms with Crippen LogP contribution in [-0.2, 0) is 18.8 Å². The number of hydrogen-bond acceptors (Lipinski definition) is 3. The average Bonchev–Trinajstić information content (AvgIpc) is 2.72. The molecule has 1 aromatic carbocycles. The molecule has 1 aromatic heterocycles. The van der Waals surface area contributed by atoms with Gasteiger partial charge in [-0.05, 0) is 36.5 Å². The first-order valence-corrected chi connectivity index (χ1v) is 7.08. The van der Waals surface area contributed by atoms with Crippen LogP contribution in [0, 0.1) is 0 Å². The molecule has 1 aliphatic heterocycles. The van der Waals surface area contributed by atoms with E-state index in [0.29, 0.717) is 5.92 Å². The summed E-state index contributed by atoms with van der Waals surface area (Å²) in [5.41, 5.74) is 4.39. The molecular weight excluding hydrogens is 254 g/mol. The number of anilines is 1. The third-order valence-corrected chi connectivity index (χ3v) is 4.34. The van der Waals surface area contributed by atoms with Gasteiger partial charge in [-0.3, -0.25) is 9.13 Å². The van der Waals surface area contributed by atoms with Gasteiger partial charge in [0, 0.05) is 40.0 Å². The summed E-state index contributed by atoms with van der Waals surface area (Å²) in [5.74, 6) is 0.465. The van der Waals surface area contributed by atoms with Gasteiger partial charge < -0.3 is 10.1 Å². The van der Waals surface area contributed by atoms with Crippen molar-refractivity contribution in [2.45, 2.75) is 18.8 Å². The van der Waals surface area contributed by atoms with Crippen molar-refractivity contribution in [2.24, 2.45) is 14.1 Å². The number of nitrogens with zero attached hydrogens (tertiary/aromatic N) is 2. The van der Waals surface area contributed by atoms with E-state index in [1.807, 2.05) is 27.2 Å². The van der Waals surface area contributed by atoms with Gasteiger partial charge in [0.25, 0.3) is 0 Å². The predicted octanol–water partition coefficient (Wildman–Crippen LogP) is 1.81. The smallest absolute Gasteiger partial charge is 0.328 e. The van der Waals surface area contributed by atoms with Crippen LogP contribution in [0.4, 0.5) is 5.69 Å². The van der Waals surface area contributed by atoms with Crippen LogP contribution in [0.5, 0.6) is 0 Å². The fourth-order valence-corrected chi connectivity index (χ4v) is 3.15.